The highest BCUT2D eigenvalue weighted by Gasteiger charge is 2.51. The van der Waals surface area contributed by atoms with Crippen molar-refractivity contribution in [3.05, 3.63) is 11.3 Å². The van der Waals surface area contributed by atoms with Crippen LogP contribution < -0.4 is 0 Å². The third-order valence-corrected chi connectivity index (χ3v) is 11.0. The molecule has 0 spiro atoms. The first-order valence-electron chi connectivity index (χ1n) is 16.4. The molecule has 0 amide bonds. The Hall–Kier alpha value is -2.50. The molecule has 0 radical (unpaired) electrons. The average molecular weight is 653 g/mol. The highest BCUT2D eigenvalue weighted by atomic mass is 31.2. The molecule has 4 bridgehead atoms. The summed E-state index contributed by atoms with van der Waals surface area (Å²) in [6.07, 6.45) is 7.16. The lowest BCUT2D eigenvalue weighted by atomic mass is 9.53. The molecule has 2 unspecified atom stereocenters. The molecule has 250 valence electrons. The quantitative estimate of drug-likeness (QED) is 0.0557. The molecule has 5 aliphatic rings. The first-order valence-corrected chi connectivity index (χ1v) is 17.8. The summed E-state index contributed by atoms with van der Waals surface area (Å²) in [6.45, 7) is 2.42. The van der Waals surface area contributed by atoms with Gasteiger partial charge in [0, 0.05) is 12.3 Å². The van der Waals surface area contributed by atoms with Crippen molar-refractivity contribution in [2.75, 3.05) is 33.0 Å². The Kier molecular flexibility index (Phi) is 12.9. The Bertz CT molecular complexity index is 1140. The van der Waals surface area contributed by atoms with Gasteiger partial charge >= 0.3 is 25.4 Å². The maximum atomic E-state index is 15.9. The second kappa shape index (κ2) is 16.4. The zero-order valence-electron chi connectivity index (χ0n) is 26.4. The van der Waals surface area contributed by atoms with E-state index in [9.17, 15) is 14.2 Å². The summed E-state index contributed by atoms with van der Waals surface area (Å²) in [4.78, 5) is 25.1. The van der Waals surface area contributed by atoms with E-state index in [1.54, 1.807) is 13.8 Å². The summed E-state index contributed by atoms with van der Waals surface area (Å²) in [6, 6.07) is 3.87. The monoisotopic (exact) mass is 652 g/mol. The molecular formula is C32H46FN2O9P. The van der Waals surface area contributed by atoms with Gasteiger partial charge in [-0.15, -0.1) is 0 Å². The van der Waals surface area contributed by atoms with E-state index < -0.39 is 38.0 Å². The Morgan fingerprint density at radius 1 is 0.844 bits per heavy atom. The number of carbonyl (C=O) groups is 2. The first-order chi connectivity index (χ1) is 21.7. The summed E-state index contributed by atoms with van der Waals surface area (Å²) in [5, 5.41) is 17.8. The highest BCUT2D eigenvalue weighted by Crippen LogP contribution is 2.59. The van der Waals surface area contributed by atoms with E-state index in [0.29, 0.717) is 36.5 Å². The number of esters is 2. The zero-order valence-corrected chi connectivity index (χ0v) is 27.3. The Morgan fingerprint density at radius 3 is 1.91 bits per heavy atom. The number of hydrogen-bond donors (Lipinski definition) is 0. The molecule has 5 saturated carbocycles. The normalized spacial score (nSPS) is 27.4. The minimum absolute atomic E-state index is 0.00473. The van der Waals surface area contributed by atoms with Gasteiger partial charge in [0.25, 0.3) is 0 Å². The van der Waals surface area contributed by atoms with Gasteiger partial charge in [0.05, 0.1) is 69.9 Å². The van der Waals surface area contributed by atoms with Crippen molar-refractivity contribution < 1.29 is 46.3 Å². The van der Waals surface area contributed by atoms with Crippen LogP contribution in [0.25, 0.3) is 0 Å². The lowest BCUT2D eigenvalue weighted by molar-refractivity contribution is -0.175. The molecule has 2 atom stereocenters. The number of nitriles is 2. The molecule has 5 fully saturated rings. The molecule has 5 rings (SSSR count). The summed E-state index contributed by atoms with van der Waals surface area (Å²) >= 11 is 0. The lowest BCUT2D eigenvalue weighted by Crippen LogP contribution is -2.46. The van der Waals surface area contributed by atoms with Gasteiger partial charge in [-0.25, -0.2) is 18.5 Å². The molecule has 0 N–H and O–H groups in total. The predicted octanol–water partition coefficient (Wildman–Crippen LogP) is 6.48. The van der Waals surface area contributed by atoms with Crippen LogP contribution in [-0.4, -0.2) is 56.7 Å². The number of allylic oxidation sites excluding steroid dienone is 2. The first kappa shape index (κ1) is 35.4. The standard InChI is InChI=1S/C32H46FN2O9P/c1-3-39-30(36)32(33,31(37)40-4-2)10-15-41-29(28-25-17-22-16-23(19-25)20-26(28)18-22)24-8-5-9-27(21-24)44-45(38,42-13-6-11-34)43-14-7-12-35/h22-27H,3-10,13-21H2,1-2H3. The topological polar surface area (TPSA) is 154 Å². The number of ether oxygens (including phenoxy) is 3. The minimum Gasteiger partial charge on any atom is -0.498 e. The van der Waals surface area contributed by atoms with Crippen molar-refractivity contribution in [3.8, 4) is 12.1 Å². The molecule has 0 aromatic carbocycles. The summed E-state index contributed by atoms with van der Waals surface area (Å²) in [5.41, 5.74) is -1.72. The van der Waals surface area contributed by atoms with Crippen LogP contribution in [0.1, 0.15) is 90.9 Å². The fraction of sp³-hybridized carbons (Fsp3) is 0.812. The van der Waals surface area contributed by atoms with Gasteiger partial charge in [-0.3, -0.25) is 13.6 Å². The number of hydrogen-bond acceptors (Lipinski definition) is 11. The molecular weight excluding hydrogens is 606 g/mol. The minimum atomic E-state index is -4.05. The molecule has 0 aliphatic heterocycles. The van der Waals surface area contributed by atoms with Gasteiger partial charge in [-0.05, 0) is 94.5 Å². The maximum Gasteiger partial charge on any atom is 0.475 e. The number of carbonyl (C=O) groups excluding carboxylic acids is 2. The average Bonchev–Trinajstić information content (AvgIpc) is 3.00. The summed E-state index contributed by atoms with van der Waals surface area (Å²) in [7, 11) is -4.05. The van der Waals surface area contributed by atoms with E-state index in [4.69, 9.17) is 38.3 Å². The van der Waals surface area contributed by atoms with Crippen molar-refractivity contribution in [1.29, 1.82) is 10.5 Å². The third-order valence-electron chi connectivity index (χ3n) is 9.41. The number of rotatable bonds is 17. The van der Waals surface area contributed by atoms with E-state index in [1.807, 2.05) is 12.1 Å². The van der Waals surface area contributed by atoms with E-state index in [1.165, 1.54) is 12.0 Å². The Labute approximate surface area is 265 Å². The number of alkyl halides is 1. The van der Waals surface area contributed by atoms with Gasteiger partial charge in [0.1, 0.15) is 0 Å². The highest BCUT2D eigenvalue weighted by molar-refractivity contribution is 7.48. The third kappa shape index (κ3) is 8.86. The Morgan fingerprint density at radius 2 is 1.40 bits per heavy atom. The molecule has 0 heterocycles. The van der Waals surface area contributed by atoms with Crippen LogP contribution >= 0.6 is 7.82 Å². The zero-order chi connectivity index (χ0) is 32.5. The second-order valence-corrected chi connectivity index (χ2v) is 14.1. The predicted molar refractivity (Wildman–Crippen MR) is 159 cm³/mol. The van der Waals surface area contributed by atoms with Crippen LogP contribution in [-0.2, 0) is 41.9 Å². The van der Waals surface area contributed by atoms with E-state index in [0.717, 1.165) is 44.3 Å². The van der Waals surface area contributed by atoms with Crippen LogP contribution in [0, 0.1) is 52.3 Å². The number of phosphoric ester groups is 1. The SMILES string of the molecule is CCOC(=O)C(F)(CCOC(=C1C2CC3CC(C2)CC1C3)C1CCCC(OP(=O)(OCCC#N)OCCC#N)C1)C(=O)OCC. The molecule has 45 heavy (non-hydrogen) atoms. The van der Waals surface area contributed by atoms with Gasteiger partial charge in [0.2, 0.25) is 0 Å². The lowest BCUT2D eigenvalue weighted by Gasteiger charge is -2.52. The van der Waals surface area contributed by atoms with Gasteiger partial charge < -0.3 is 14.2 Å². The molecule has 0 saturated heterocycles. The van der Waals surface area contributed by atoms with E-state index >= 15 is 4.39 Å². The van der Waals surface area contributed by atoms with Crippen molar-refractivity contribution in [2.24, 2.45) is 29.6 Å². The summed E-state index contributed by atoms with van der Waals surface area (Å²) < 4.78 is 62.4. The molecule has 0 aromatic rings. The van der Waals surface area contributed by atoms with E-state index in [-0.39, 0.29) is 51.8 Å². The van der Waals surface area contributed by atoms with Gasteiger partial charge in [0.15, 0.2) is 0 Å². The number of phosphoric acid groups is 1. The van der Waals surface area contributed by atoms with Gasteiger partial charge in [-0.2, -0.15) is 10.5 Å². The molecule has 11 nitrogen and oxygen atoms in total. The van der Waals surface area contributed by atoms with Crippen LogP contribution in [0.5, 0.6) is 0 Å². The summed E-state index contributed by atoms with van der Waals surface area (Å²) in [5.74, 6) is 0.229. The number of halogens is 1. The smallest absolute Gasteiger partial charge is 0.475 e. The van der Waals surface area contributed by atoms with Crippen molar-refractivity contribution in [1.82, 2.24) is 0 Å². The molecule has 13 heteroatoms. The maximum absolute atomic E-state index is 15.9. The molecule has 0 aromatic heterocycles. The number of nitrogens with zero attached hydrogens (tertiary/aromatic N) is 2. The van der Waals surface area contributed by atoms with Crippen molar-refractivity contribution in [3.63, 3.8) is 0 Å². The van der Waals surface area contributed by atoms with Crippen LogP contribution in [0.4, 0.5) is 4.39 Å². The van der Waals surface area contributed by atoms with Crippen LogP contribution in [0.2, 0.25) is 0 Å². The van der Waals surface area contributed by atoms with Gasteiger partial charge in [-0.1, -0.05) is 6.42 Å². The fourth-order valence-electron chi connectivity index (χ4n) is 7.78. The fourth-order valence-corrected chi connectivity index (χ4v) is 9.16. The largest absolute Gasteiger partial charge is 0.498 e. The van der Waals surface area contributed by atoms with Crippen LogP contribution in [0.3, 0.4) is 0 Å². The van der Waals surface area contributed by atoms with Crippen molar-refractivity contribution in [2.45, 2.75) is 103 Å². The van der Waals surface area contributed by atoms with Crippen LogP contribution in [0.15, 0.2) is 11.3 Å². The Balaban J connectivity index is 1.55. The van der Waals surface area contributed by atoms with Crippen molar-refractivity contribution >= 4 is 19.8 Å². The molecule has 5 aliphatic carbocycles. The second-order valence-electron chi connectivity index (χ2n) is 12.5. The van der Waals surface area contributed by atoms with E-state index in [2.05, 4.69) is 0 Å².